The van der Waals surface area contributed by atoms with Crippen LogP contribution in [0.4, 0.5) is 21.5 Å². The summed E-state index contributed by atoms with van der Waals surface area (Å²) in [6.45, 7) is 0. The van der Waals surface area contributed by atoms with Crippen molar-refractivity contribution in [2.24, 2.45) is 0 Å². The summed E-state index contributed by atoms with van der Waals surface area (Å²) >= 11 is 0. The molecule has 14 rings (SSSR count). The summed E-state index contributed by atoms with van der Waals surface area (Å²) in [5.41, 5.74) is 15.8. The van der Waals surface area contributed by atoms with Gasteiger partial charge in [0, 0.05) is 33.2 Å². The maximum Gasteiger partial charge on any atom is 0.123 e. The second-order valence-corrected chi connectivity index (χ2v) is 18.6. The first kappa shape index (κ1) is 40.1. The number of halogens is 1. The summed E-state index contributed by atoms with van der Waals surface area (Å²) in [4.78, 5) is 2.26. The molecular formula is C67H43FN2. The molecule has 0 saturated carbocycles. The number of benzene rings is 12. The Morgan fingerprint density at radius 3 is 1.73 bits per heavy atom. The zero-order valence-corrected chi connectivity index (χ0v) is 38.1. The van der Waals surface area contributed by atoms with Crippen molar-refractivity contribution in [2.45, 2.75) is 5.41 Å². The van der Waals surface area contributed by atoms with Crippen LogP contribution in [0.25, 0.3) is 82.1 Å². The lowest BCUT2D eigenvalue weighted by atomic mass is 9.67. The number of aromatic nitrogens is 1. The van der Waals surface area contributed by atoms with E-state index in [9.17, 15) is 4.39 Å². The molecule has 0 fully saturated rings. The largest absolute Gasteiger partial charge is 0.310 e. The molecule has 0 amide bonds. The van der Waals surface area contributed by atoms with E-state index in [1.807, 2.05) is 12.1 Å². The van der Waals surface area contributed by atoms with Gasteiger partial charge in [0.05, 0.1) is 22.1 Å². The van der Waals surface area contributed by atoms with E-state index in [0.717, 1.165) is 60.9 Å². The molecule has 328 valence electrons. The fourth-order valence-corrected chi connectivity index (χ4v) is 11.8. The van der Waals surface area contributed by atoms with Crippen LogP contribution in [-0.2, 0) is 5.41 Å². The van der Waals surface area contributed by atoms with E-state index in [0.29, 0.717) is 0 Å². The molecule has 70 heavy (non-hydrogen) atoms. The quantitative estimate of drug-likeness (QED) is 0.145. The molecule has 0 N–H and O–H groups in total. The molecule has 0 aliphatic heterocycles. The van der Waals surface area contributed by atoms with E-state index in [2.05, 4.69) is 246 Å². The maximum atomic E-state index is 14.5. The van der Waals surface area contributed by atoms with Crippen LogP contribution in [0.1, 0.15) is 22.3 Å². The van der Waals surface area contributed by atoms with Crippen molar-refractivity contribution in [3.05, 3.63) is 289 Å². The first-order valence-corrected chi connectivity index (χ1v) is 24.0. The number of para-hydroxylation sites is 1. The van der Waals surface area contributed by atoms with Crippen LogP contribution in [0.3, 0.4) is 0 Å². The highest BCUT2D eigenvalue weighted by Gasteiger charge is 2.46. The van der Waals surface area contributed by atoms with Crippen molar-refractivity contribution in [3.63, 3.8) is 0 Å². The molecule has 12 aromatic carbocycles. The third kappa shape index (κ3) is 6.05. The van der Waals surface area contributed by atoms with Gasteiger partial charge in [-0.25, -0.2) is 4.39 Å². The van der Waals surface area contributed by atoms with Crippen molar-refractivity contribution in [3.8, 4) is 27.9 Å². The molecule has 0 spiro atoms. The molecule has 0 radical (unpaired) electrons. The fourth-order valence-electron chi connectivity index (χ4n) is 11.8. The van der Waals surface area contributed by atoms with Crippen molar-refractivity contribution in [2.75, 3.05) is 4.90 Å². The average molecular weight is 895 g/mol. The lowest BCUT2D eigenvalue weighted by Crippen LogP contribution is -2.28. The van der Waals surface area contributed by atoms with E-state index in [1.54, 1.807) is 12.1 Å². The van der Waals surface area contributed by atoms with Crippen LogP contribution in [0.15, 0.2) is 261 Å². The van der Waals surface area contributed by atoms with Gasteiger partial charge >= 0.3 is 0 Å². The van der Waals surface area contributed by atoms with Crippen LogP contribution in [0.5, 0.6) is 0 Å². The van der Waals surface area contributed by atoms with Gasteiger partial charge in [-0.1, -0.05) is 188 Å². The topological polar surface area (TPSA) is 8.17 Å². The summed E-state index contributed by atoms with van der Waals surface area (Å²) in [6.07, 6.45) is 0. The van der Waals surface area contributed by atoms with E-state index in [4.69, 9.17) is 0 Å². The maximum absolute atomic E-state index is 14.5. The summed E-state index contributed by atoms with van der Waals surface area (Å²) in [6, 6.07) is 93.5. The zero-order chi connectivity index (χ0) is 46.3. The second-order valence-electron chi connectivity index (χ2n) is 18.6. The summed E-state index contributed by atoms with van der Waals surface area (Å²) in [5.74, 6) is -0.261. The third-order valence-electron chi connectivity index (χ3n) is 14.9. The highest BCUT2D eigenvalue weighted by Crippen LogP contribution is 2.57. The minimum absolute atomic E-state index is 0.261. The molecule has 0 bridgehead atoms. The number of hydrogen-bond donors (Lipinski definition) is 0. The highest BCUT2D eigenvalue weighted by atomic mass is 19.1. The first-order chi connectivity index (χ1) is 34.6. The van der Waals surface area contributed by atoms with Gasteiger partial charge in [-0.05, 0) is 144 Å². The molecule has 1 heterocycles. The smallest absolute Gasteiger partial charge is 0.123 e. The lowest BCUT2D eigenvalue weighted by molar-refractivity contribution is 0.628. The normalized spacial score (nSPS) is 12.8. The number of nitrogens with zero attached hydrogens (tertiary/aromatic N) is 2. The minimum atomic E-state index is -0.501. The average Bonchev–Trinajstić information content (AvgIpc) is 3.92. The molecule has 0 atom stereocenters. The molecule has 2 nitrogen and oxygen atoms in total. The fraction of sp³-hybridized carbons (Fsp3) is 0.0149. The van der Waals surface area contributed by atoms with Crippen molar-refractivity contribution >= 4 is 71.2 Å². The molecule has 3 heteroatoms. The van der Waals surface area contributed by atoms with Gasteiger partial charge in [-0.3, -0.25) is 0 Å². The van der Waals surface area contributed by atoms with Crippen molar-refractivity contribution < 1.29 is 4.39 Å². The summed E-state index contributed by atoms with van der Waals surface area (Å²) in [5, 5.41) is 9.36. The molecule has 1 aromatic heterocycles. The number of fused-ring (bicyclic) bond motifs is 10. The molecule has 0 unspecified atom stereocenters. The van der Waals surface area contributed by atoms with Gasteiger partial charge in [0.25, 0.3) is 0 Å². The highest BCUT2D eigenvalue weighted by molar-refractivity contribution is 6.15. The van der Waals surface area contributed by atoms with Gasteiger partial charge in [0.2, 0.25) is 0 Å². The van der Waals surface area contributed by atoms with Crippen LogP contribution >= 0.6 is 0 Å². The molecule has 0 saturated heterocycles. The van der Waals surface area contributed by atoms with Gasteiger partial charge in [0.1, 0.15) is 5.82 Å². The molecule has 13 aromatic rings. The summed E-state index contributed by atoms with van der Waals surface area (Å²) < 4.78 is 16.9. The Morgan fingerprint density at radius 1 is 0.343 bits per heavy atom. The lowest BCUT2D eigenvalue weighted by Gasteiger charge is -2.34. The van der Waals surface area contributed by atoms with Crippen molar-refractivity contribution in [1.29, 1.82) is 0 Å². The SMILES string of the molecule is Fc1ccc(N(c2ccc3cc(-c4ccc5c6ccccc6n(-c6ccc7c(c6)C(c6ccccc6)(c6ccccc6)c6ccccc6-7)c5c4)ccc3c2)c2cc3ccccc3c3ccccc23)cc1. The summed E-state index contributed by atoms with van der Waals surface area (Å²) in [7, 11) is 0. The second kappa shape index (κ2) is 15.8. The van der Waals surface area contributed by atoms with Crippen LogP contribution < -0.4 is 4.90 Å². The third-order valence-corrected chi connectivity index (χ3v) is 14.9. The minimum Gasteiger partial charge on any atom is -0.310 e. The van der Waals surface area contributed by atoms with Gasteiger partial charge < -0.3 is 9.47 Å². The molecular weight excluding hydrogens is 852 g/mol. The van der Waals surface area contributed by atoms with Crippen molar-refractivity contribution in [1.82, 2.24) is 4.57 Å². The Balaban J connectivity index is 0.912. The number of rotatable bonds is 7. The predicted molar refractivity (Wildman–Crippen MR) is 291 cm³/mol. The zero-order valence-electron chi connectivity index (χ0n) is 38.1. The van der Waals surface area contributed by atoms with Gasteiger partial charge in [-0.2, -0.15) is 0 Å². The van der Waals surface area contributed by atoms with E-state index in [1.165, 1.54) is 60.4 Å². The van der Waals surface area contributed by atoms with E-state index in [-0.39, 0.29) is 5.82 Å². The Morgan fingerprint density at radius 2 is 0.929 bits per heavy atom. The monoisotopic (exact) mass is 894 g/mol. The van der Waals surface area contributed by atoms with Crippen LogP contribution in [0, 0.1) is 5.82 Å². The Kier molecular flexibility index (Phi) is 9.02. The first-order valence-electron chi connectivity index (χ1n) is 24.0. The van der Waals surface area contributed by atoms with Crippen LogP contribution in [-0.4, -0.2) is 4.57 Å². The van der Waals surface area contributed by atoms with Crippen LogP contribution in [0.2, 0.25) is 0 Å². The van der Waals surface area contributed by atoms with E-state index < -0.39 is 5.41 Å². The Labute approximate surface area is 405 Å². The van der Waals surface area contributed by atoms with Gasteiger partial charge in [0.15, 0.2) is 0 Å². The standard InChI is InChI=1S/C67H43FN2/c68-51-31-34-52(35-32-51)69(65-42-48-15-7-8-20-55(48)56-21-9-10-23-59(56)65)53-33-29-45-39-44(27-28-46(45)40-53)47-30-37-61-60-24-12-14-26-64(60)70(66(61)41-47)54-36-38-58-57-22-11-13-25-62(57)67(63(58)43-54,49-16-3-1-4-17-49)50-18-5-2-6-19-50/h1-43H. The van der Waals surface area contributed by atoms with E-state index >= 15 is 0 Å². The Hall–Kier alpha value is -9.05. The van der Waals surface area contributed by atoms with Gasteiger partial charge in [-0.15, -0.1) is 0 Å². The number of hydrogen-bond acceptors (Lipinski definition) is 1. The molecule has 1 aliphatic carbocycles. The molecule has 1 aliphatic rings. The number of anilines is 3. The predicted octanol–water partition coefficient (Wildman–Crippen LogP) is 17.9. The Bertz CT molecular complexity index is 4150.